The van der Waals surface area contributed by atoms with Crippen LogP contribution in [0.5, 0.6) is 11.6 Å². The molecule has 0 atom stereocenters. The molecule has 0 fully saturated rings. The summed E-state index contributed by atoms with van der Waals surface area (Å²) < 4.78 is 20.5. The number of rotatable bonds is 3. The molecule has 2 aromatic heterocycles. The highest BCUT2D eigenvalue weighted by molar-refractivity contribution is 7.15. The van der Waals surface area contributed by atoms with Crippen molar-refractivity contribution >= 4 is 27.9 Å². The molecule has 0 amide bonds. The van der Waals surface area contributed by atoms with Gasteiger partial charge in [-0.05, 0) is 12.1 Å². The van der Waals surface area contributed by atoms with E-state index in [9.17, 15) is 9.50 Å². The number of fused-ring (bicyclic) bond motifs is 1. The molecule has 0 aliphatic rings. The number of halogens is 2. The zero-order valence-electron chi connectivity index (χ0n) is 9.51. The maximum absolute atomic E-state index is 13.3. The van der Waals surface area contributed by atoms with Gasteiger partial charge in [0.25, 0.3) is 0 Å². The fourth-order valence-electron chi connectivity index (χ4n) is 1.69. The fraction of sp³-hybridized carbons (Fsp3) is 0.0833. The monoisotopic (exact) mass is 298 g/mol. The molecule has 3 aromatic rings. The van der Waals surface area contributed by atoms with E-state index in [1.165, 1.54) is 23.5 Å². The molecule has 3 rings (SSSR count). The van der Waals surface area contributed by atoms with Crippen molar-refractivity contribution in [3.63, 3.8) is 0 Å². The summed E-state index contributed by atoms with van der Waals surface area (Å²) >= 11 is 7.02. The summed E-state index contributed by atoms with van der Waals surface area (Å²) in [6, 6.07) is 4.13. The Bertz CT molecular complexity index is 740. The molecule has 0 radical (unpaired) electrons. The molecule has 1 aromatic carbocycles. The maximum atomic E-state index is 13.3. The molecule has 0 aliphatic carbocycles. The lowest BCUT2D eigenvalue weighted by atomic mass is 10.3. The van der Waals surface area contributed by atoms with Gasteiger partial charge in [-0.15, -0.1) is 11.3 Å². The molecule has 0 spiro atoms. The largest absolute Gasteiger partial charge is 0.437 e. The summed E-state index contributed by atoms with van der Waals surface area (Å²) in [4.78, 5) is 4.94. The van der Waals surface area contributed by atoms with Gasteiger partial charge in [0.2, 0.25) is 5.88 Å². The van der Waals surface area contributed by atoms with Crippen molar-refractivity contribution in [2.75, 3.05) is 0 Å². The highest BCUT2D eigenvalue weighted by atomic mass is 35.5. The quantitative estimate of drug-likeness (QED) is 0.805. The Labute approximate surface area is 116 Å². The van der Waals surface area contributed by atoms with Crippen molar-refractivity contribution in [3.8, 4) is 11.6 Å². The van der Waals surface area contributed by atoms with E-state index in [1.54, 1.807) is 16.7 Å². The lowest BCUT2D eigenvalue weighted by Gasteiger charge is -2.05. The van der Waals surface area contributed by atoms with Crippen LogP contribution in [0.4, 0.5) is 4.39 Å². The van der Waals surface area contributed by atoms with E-state index in [4.69, 9.17) is 16.3 Å². The molecule has 0 unspecified atom stereocenters. The van der Waals surface area contributed by atoms with Gasteiger partial charge in [0.1, 0.15) is 17.3 Å². The molecule has 1 N–H and O–H groups in total. The molecule has 0 saturated carbocycles. The van der Waals surface area contributed by atoms with Crippen molar-refractivity contribution in [3.05, 3.63) is 46.3 Å². The normalized spacial score (nSPS) is 11.1. The molecule has 7 heteroatoms. The first-order valence-corrected chi connectivity index (χ1v) is 6.63. The number of benzene rings is 1. The Kier molecular flexibility index (Phi) is 3.14. The third-order valence-electron chi connectivity index (χ3n) is 2.58. The van der Waals surface area contributed by atoms with Crippen LogP contribution in [0.15, 0.2) is 29.8 Å². The summed E-state index contributed by atoms with van der Waals surface area (Å²) in [5, 5.41) is 11.3. The van der Waals surface area contributed by atoms with Crippen molar-refractivity contribution in [2.45, 2.75) is 6.61 Å². The maximum Gasteiger partial charge on any atom is 0.244 e. The van der Waals surface area contributed by atoms with Gasteiger partial charge in [0.05, 0.1) is 11.6 Å². The minimum absolute atomic E-state index is 0.0283. The van der Waals surface area contributed by atoms with Crippen molar-refractivity contribution in [2.24, 2.45) is 0 Å². The number of hydrogen-bond acceptors (Lipinski definition) is 4. The summed E-state index contributed by atoms with van der Waals surface area (Å²) in [6.07, 6.45) is 1.79. The van der Waals surface area contributed by atoms with Gasteiger partial charge in [0, 0.05) is 17.6 Å². The Morgan fingerprint density at radius 2 is 2.32 bits per heavy atom. The van der Waals surface area contributed by atoms with E-state index in [0.29, 0.717) is 10.7 Å². The number of nitrogens with zero attached hydrogens (tertiary/aromatic N) is 2. The SMILES string of the molecule is OCc1c(Oc2ccc(Cl)c(F)c2)nc2sccn12. The minimum Gasteiger partial charge on any atom is -0.437 e. The van der Waals surface area contributed by atoms with Gasteiger partial charge < -0.3 is 9.84 Å². The van der Waals surface area contributed by atoms with Gasteiger partial charge in [-0.25, -0.2) is 4.39 Å². The highest BCUT2D eigenvalue weighted by Gasteiger charge is 2.14. The number of aliphatic hydroxyl groups is 1. The van der Waals surface area contributed by atoms with Gasteiger partial charge in [-0.3, -0.25) is 4.40 Å². The molecule has 4 nitrogen and oxygen atoms in total. The zero-order valence-corrected chi connectivity index (χ0v) is 11.1. The molecule has 98 valence electrons. The van der Waals surface area contributed by atoms with Gasteiger partial charge in [-0.1, -0.05) is 11.6 Å². The van der Waals surface area contributed by atoms with Crippen molar-refractivity contribution in [1.82, 2.24) is 9.38 Å². The number of imidazole rings is 1. The number of thiazole rings is 1. The third kappa shape index (κ3) is 2.18. The van der Waals surface area contributed by atoms with E-state index in [-0.39, 0.29) is 23.3 Å². The Balaban J connectivity index is 2.00. The van der Waals surface area contributed by atoms with Crippen LogP contribution in [0.3, 0.4) is 0 Å². The molecular weight excluding hydrogens is 291 g/mol. The second-order valence-corrected chi connectivity index (χ2v) is 5.04. The first-order valence-electron chi connectivity index (χ1n) is 5.37. The van der Waals surface area contributed by atoms with E-state index in [0.717, 1.165) is 0 Å². The molecule has 0 saturated heterocycles. The van der Waals surface area contributed by atoms with Gasteiger partial charge in [0.15, 0.2) is 4.96 Å². The number of hydrogen-bond donors (Lipinski definition) is 1. The predicted octanol–water partition coefficient (Wildman–Crippen LogP) is 3.47. The van der Waals surface area contributed by atoms with E-state index >= 15 is 0 Å². The van der Waals surface area contributed by atoms with E-state index in [1.807, 2.05) is 5.38 Å². The molecule has 2 heterocycles. The molecule has 0 bridgehead atoms. The van der Waals surface area contributed by atoms with Crippen LogP contribution < -0.4 is 4.74 Å². The van der Waals surface area contributed by atoms with Crippen LogP contribution in [0, 0.1) is 5.82 Å². The third-order valence-corrected chi connectivity index (χ3v) is 3.64. The number of aliphatic hydroxyl groups excluding tert-OH is 1. The average molecular weight is 299 g/mol. The van der Waals surface area contributed by atoms with Crippen LogP contribution in [-0.2, 0) is 6.61 Å². The predicted molar refractivity (Wildman–Crippen MR) is 70.5 cm³/mol. The summed E-state index contributed by atoms with van der Waals surface area (Å²) in [5.41, 5.74) is 0.520. The first-order chi connectivity index (χ1) is 9.19. The molecule has 0 aliphatic heterocycles. The number of ether oxygens (including phenoxy) is 1. The van der Waals surface area contributed by atoms with Gasteiger partial charge in [-0.2, -0.15) is 4.98 Å². The van der Waals surface area contributed by atoms with Crippen LogP contribution in [0.25, 0.3) is 4.96 Å². The molecular formula is C12H8ClFN2O2S. The second-order valence-electron chi connectivity index (χ2n) is 3.76. The van der Waals surface area contributed by atoms with Crippen LogP contribution in [0.1, 0.15) is 5.69 Å². The lowest BCUT2D eigenvalue weighted by Crippen LogP contribution is -1.94. The summed E-state index contributed by atoms with van der Waals surface area (Å²) in [6.45, 7) is -0.219. The number of aromatic nitrogens is 2. The Morgan fingerprint density at radius 3 is 3.05 bits per heavy atom. The zero-order chi connectivity index (χ0) is 13.4. The molecule has 19 heavy (non-hydrogen) atoms. The first kappa shape index (κ1) is 12.4. The summed E-state index contributed by atoms with van der Waals surface area (Å²) in [7, 11) is 0. The van der Waals surface area contributed by atoms with Gasteiger partial charge >= 0.3 is 0 Å². The highest BCUT2D eigenvalue weighted by Crippen LogP contribution is 2.29. The lowest BCUT2D eigenvalue weighted by molar-refractivity contribution is 0.269. The van der Waals surface area contributed by atoms with Crippen molar-refractivity contribution in [1.29, 1.82) is 0 Å². The van der Waals surface area contributed by atoms with E-state index in [2.05, 4.69) is 4.98 Å². The Morgan fingerprint density at radius 1 is 1.47 bits per heavy atom. The van der Waals surface area contributed by atoms with E-state index < -0.39 is 5.82 Å². The fourth-order valence-corrected chi connectivity index (χ4v) is 2.53. The summed E-state index contributed by atoms with van der Waals surface area (Å²) in [5.74, 6) is -0.0239. The standard InChI is InChI=1S/C12H8ClFN2O2S/c13-8-2-1-7(5-9(8)14)18-11-10(6-17)16-3-4-19-12(16)15-11/h1-5,17H,6H2. The second kappa shape index (κ2) is 4.80. The Hall–Kier alpha value is -1.63. The van der Waals surface area contributed by atoms with Crippen LogP contribution >= 0.6 is 22.9 Å². The van der Waals surface area contributed by atoms with Crippen LogP contribution in [-0.4, -0.2) is 14.5 Å². The van der Waals surface area contributed by atoms with Crippen molar-refractivity contribution < 1.29 is 14.2 Å². The topological polar surface area (TPSA) is 46.8 Å². The minimum atomic E-state index is -0.564. The van der Waals surface area contributed by atoms with Crippen LogP contribution in [0.2, 0.25) is 5.02 Å². The smallest absolute Gasteiger partial charge is 0.244 e. The average Bonchev–Trinajstić information content (AvgIpc) is 2.94.